The molecule has 2 aromatic heterocycles. The van der Waals surface area contributed by atoms with Crippen molar-refractivity contribution in [2.45, 2.75) is 24.7 Å². The monoisotopic (exact) mass is 486 g/mol. The van der Waals surface area contributed by atoms with Gasteiger partial charge in [0.2, 0.25) is 5.28 Å². The minimum atomic E-state index is -0.319. The van der Waals surface area contributed by atoms with Gasteiger partial charge in [-0.1, -0.05) is 26.0 Å². The molecule has 32 heavy (non-hydrogen) atoms. The molecule has 1 N–H and O–H groups in total. The van der Waals surface area contributed by atoms with Crippen LogP contribution in [0, 0.1) is 5.82 Å². The van der Waals surface area contributed by atoms with E-state index in [4.69, 9.17) is 21.3 Å². The van der Waals surface area contributed by atoms with Crippen LogP contribution in [0.5, 0.6) is 5.75 Å². The fourth-order valence-electron chi connectivity index (χ4n) is 2.99. The van der Waals surface area contributed by atoms with Crippen molar-refractivity contribution < 1.29 is 9.13 Å². The molecular weight excluding hydrogens is 467 g/mol. The van der Waals surface area contributed by atoms with Crippen LogP contribution in [-0.2, 0) is 0 Å². The van der Waals surface area contributed by atoms with Crippen molar-refractivity contribution in [1.82, 2.24) is 15.0 Å². The Balaban J connectivity index is 1.67. The highest BCUT2D eigenvalue weighted by molar-refractivity contribution is 8.00. The Labute approximate surface area is 199 Å². The Kier molecular flexibility index (Phi) is 6.93. The fourth-order valence-corrected chi connectivity index (χ4v) is 4.97. The normalized spacial score (nSPS) is 11.1. The Morgan fingerprint density at radius 1 is 1.12 bits per heavy atom. The first-order valence-corrected chi connectivity index (χ1v) is 11.8. The summed E-state index contributed by atoms with van der Waals surface area (Å²) in [6.07, 6.45) is 1.64. The minimum Gasteiger partial charge on any atom is -0.496 e. The quantitative estimate of drug-likeness (QED) is 0.218. The largest absolute Gasteiger partial charge is 0.496 e. The molecule has 2 aromatic carbocycles. The Bertz CT molecular complexity index is 1250. The number of thiazole rings is 1. The summed E-state index contributed by atoms with van der Waals surface area (Å²) in [5, 5.41) is 1.21. The highest BCUT2D eigenvalue weighted by Crippen LogP contribution is 2.39. The zero-order valence-electron chi connectivity index (χ0n) is 17.6. The van der Waals surface area contributed by atoms with Gasteiger partial charge in [0.15, 0.2) is 0 Å². The van der Waals surface area contributed by atoms with Crippen molar-refractivity contribution in [3.05, 3.63) is 70.8 Å². The summed E-state index contributed by atoms with van der Waals surface area (Å²) in [5.41, 5.74) is 3.37. The van der Waals surface area contributed by atoms with E-state index < -0.39 is 0 Å². The molecule has 0 atom stereocenters. The Morgan fingerprint density at radius 2 is 1.97 bits per heavy atom. The van der Waals surface area contributed by atoms with Gasteiger partial charge in [-0.2, -0.15) is 0 Å². The lowest BCUT2D eigenvalue weighted by Gasteiger charge is -2.11. The van der Waals surface area contributed by atoms with Gasteiger partial charge in [-0.15, -0.1) is 11.3 Å². The average Bonchev–Trinajstić information content (AvgIpc) is 3.24. The van der Waals surface area contributed by atoms with E-state index >= 15 is 0 Å². The Hall–Kier alpha value is -2.68. The second-order valence-corrected chi connectivity index (χ2v) is 9.39. The molecule has 0 spiro atoms. The van der Waals surface area contributed by atoms with E-state index in [1.165, 1.54) is 24.1 Å². The average molecular weight is 487 g/mol. The number of aromatic nitrogens is 3. The van der Waals surface area contributed by atoms with E-state index in [1.54, 1.807) is 30.7 Å². The number of methoxy groups -OCH3 is 1. The minimum absolute atomic E-state index is 0.198. The molecule has 0 aliphatic heterocycles. The second-order valence-electron chi connectivity index (χ2n) is 7.18. The molecule has 0 aliphatic rings. The fraction of sp³-hybridized carbons (Fsp3) is 0.174. The van der Waals surface area contributed by atoms with Crippen LogP contribution in [0.15, 0.2) is 59.6 Å². The predicted molar refractivity (Wildman–Crippen MR) is 130 cm³/mol. The summed E-state index contributed by atoms with van der Waals surface area (Å²) in [6, 6.07) is 14.2. The van der Waals surface area contributed by atoms with Gasteiger partial charge in [-0.3, -0.25) is 0 Å². The van der Waals surface area contributed by atoms with E-state index in [2.05, 4.69) is 28.5 Å². The SMILES string of the molecule is COc1ccc(F)cc1SNc1cccc(-c2nc(C(C)C)sc2-c2ccnc(Cl)n2)c1. The number of anilines is 1. The number of hydrogen-bond donors (Lipinski definition) is 1. The summed E-state index contributed by atoms with van der Waals surface area (Å²) in [6.45, 7) is 4.22. The maximum Gasteiger partial charge on any atom is 0.222 e. The van der Waals surface area contributed by atoms with E-state index in [0.717, 1.165) is 32.5 Å². The summed E-state index contributed by atoms with van der Waals surface area (Å²) < 4.78 is 22.3. The van der Waals surface area contributed by atoms with Crippen LogP contribution >= 0.6 is 34.9 Å². The van der Waals surface area contributed by atoms with Gasteiger partial charge < -0.3 is 9.46 Å². The zero-order chi connectivity index (χ0) is 22.7. The van der Waals surface area contributed by atoms with E-state index in [9.17, 15) is 4.39 Å². The first-order valence-electron chi connectivity index (χ1n) is 9.81. The van der Waals surface area contributed by atoms with E-state index in [1.807, 2.05) is 30.3 Å². The molecular formula is C23H20ClFN4OS2. The zero-order valence-corrected chi connectivity index (χ0v) is 20.0. The molecule has 0 aliphatic carbocycles. The third-order valence-corrected chi connectivity index (χ3v) is 6.97. The number of hydrogen-bond acceptors (Lipinski definition) is 7. The maximum atomic E-state index is 13.7. The van der Waals surface area contributed by atoms with Crippen LogP contribution in [-0.4, -0.2) is 22.1 Å². The molecule has 4 rings (SSSR count). The van der Waals surface area contributed by atoms with Gasteiger partial charge in [-0.25, -0.2) is 19.3 Å². The van der Waals surface area contributed by atoms with Crippen LogP contribution in [0.1, 0.15) is 24.8 Å². The second kappa shape index (κ2) is 9.85. The van der Waals surface area contributed by atoms with E-state index in [-0.39, 0.29) is 17.0 Å². The maximum absolute atomic E-state index is 13.7. The number of benzene rings is 2. The lowest BCUT2D eigenvalue weighted by atomic mass is 10.1. The highest BCUT2D eigenvalue weighted by atomic mass is 35.5. The van der Waals surface area contributed by atoms with Crippen LogP contribution in [0.2, 0.25) is 5.28 Å². The molecule has 164 valence electrons. The van der Waals surface area contributed by atoms with Crippen molar-refractivity contribution in [2.75, 3.05) is 11.8 Å². The van der Waals surface area contributed by atoms with Crippen molar-refractivity contribution in [2.24, 2.45) is 0 Å². The van der Waals surface area contributed by atoms with Crippen LogP contribution < -0.4 is 9.46 Å². The van der Waals surface area contributed by atoms with Crippen molar-refractivity contribution in [3.63, 3.8) is 0 Å². The first-order chi connectivity index (χ1) is 15.4. The molecule has 2 heterocycles. The van der Waals surface area contributed by atoms with Crippen LogP contribution in [0.25, 0.3) is 21.8 Å². The molecule has 0 amide bonds. The van der Waals surface area contributed by atoms with Crippen molar-refractivity contribution in [1.29, 1.82) is 0 Å². The van der Waals surface area contributed by atoms with E-state index in [0.29, 0.717) is 10.6 Å². The molecule has 9 heteroatoms. The van der Waals surface area contributed by atoms with Crippen LogP contribution in [0.4, 0.5) is 10.1 Å². The van der Waals surface area contributed by atoms with Gasteiger partial charge in [0.05, 0.1) is 33.3 Å². The number of halogens is 2. The Morgan fingerprint density at radius 3 is 2.72 bits per heavy atom. The van der Waals surface area contributed by atoms with Gasteiger partial charge in [0.25, 0.3) is 0 Å². The smallest absolute Gasteiger partial charge is 0.222 e. The lowest BCUT2D eigenvalue weighted by molar-refractivity contribution is 0.403. The molecule has 0 unspecified atom stereocenters. The van der Waals surface area contributed by atoms with Crippen molar-refractivity contribution in [3.8, 4) is 27.6 Å². The standard InChI is InChI=1S/C23H20ClFN4OS2/c1-13(2)22-28-20(21(31-22)17-9-10-26-23(24)27-17)14-5-4-6-16(11-14)29-32-19-12-15(25)7-8-18(19)30-3/h4-13,29H,1-3H3. The summed E-state index contributed by atoms with van der Waals surface area (Å²) in [4.78, 5) is 14.9. The lowest BCUT2D eigenvalue weighted by Crippen LogP contribution is -1.93. The molecule has 5 nitrogen and oxygen atoms in total. The molecule has 0 saturated heterocycles. The molecule has 0 bridgehead atoms. The summed E-state index contributed by atoms with van der Waals surface area (Å²) >= 11 is 8.92. The third-order valence-electron chi connectivity index (χ3n) is 4.54. The molecule has 0 saturated carbocycles. The number of nitrogens with one attached hydrogen (secondary N) is 1. The number of ether oxygens (including phenoxy) is 1. The summed E-state index contributed by atoms with van der Waals surface area (Å²) in [5.74, 6) is 0.562. The number of rotatable bonds is 7. The third kappa shape index (κ3) is 5.03. The molecule has 0 radical (unpaired) electrons. The van der Waals surface area contributed by atoms with Crippen molar-refractivity contribution >= 4 is 40.6 Å². The topological polar surface area (TPSA) is 59.9 Å². The first kappa shape index (κ1) is 22.5. The van der Waals surface area contributed by atoms with Crippen LogP contribution in [0.3, 0.4) is 0 Å². The molecule has 4 aromatic rings. The predicted octanol–water partition coefficient (Wildman–Crippen LogP) is 7.31. The number of nitrogens with zero attached hydrogens (tertiary/aromatic N) is 3. The molecule has 0 fully saturated rings. The van der Waals surface area contributed by atoms with Gasteiger partial charge >= 0.3 is 0 Å². The van der Waals surface area contributed by atoms with Gasteiger partial charge in [0, 0.05) is 23.4 Å². The highest BCUT2D eigenvalue weighted by Gasteiger charge is 2.18. The van der Waals surface area contributed by atoms with Gasteiger partial charge in [0.1, 0.15) is 11.6 Å². The summed E-state index contributed by atoms with van der Waals surface area (Å²) in [7, 11) is 1.56. The van der Waals surface area contributed by atoms with Gasteiger partial charge in [-0.05, 0) is 59.9 Å².